The molecule has 2 aliphatic rings. The maximum absolute atomic E-state index is 11.3. The topological polar surface area (TPSA) is 69.0 Å². The number of nitrogens with zero attached hydrogens (tertiary/aromatic N) is 6. The summed E-state index contributed by atoms with van der Waals surface area (Å²) in [5, 5.41) is 12.1. The van der Waals surface area contributed by atoms with Gasteiger partial charge in [0.1, 0.15) is 5.82 Å². The third-order valence-electron chi connectivity index (χ3n) is 5.64. The molecule has 2 fully saturated rings. The Labute approximate surface area is 159 Å². The van der Waals surface area contributed by atoms with Crippen molar-refractivity contribution < 1.29 is 4.92 Å². The Kier molecular flexibility index (Phi) is 4.84. The summed E-state index contributed by atoms with van der Waals surface area (Å²) in [5.41, 5.74) is 2.00. The van der Waals surface area contributed by atoms with E-state index >= 15 is 0 Å². The smallest absolute Gasteiger partial charge is 0.270 e. The normalized spacial score (nSPS) is 19.6. The summed E-state index contributed by atoms with van der Waals surface area (Å²) in [6.07, 6.45) is 0. The van der Waals surface area contributed by atoms with Crippen molar-refractivity contribution in [1.82, 2.24) is 14.8 Å². The maximum Gasteiger partial charge on any atom is 0.270 e. The molecule has 0 atom stereocenters. The van der Waals surface area contributed by atoms with Gasteiger partial charge in [0.25, 0.3) is 5.69 Å². The van der Waals surface area contributed by atoms with Crippen LogP contribution in [0.15, 0.2) is 24.3 Å². The van der Waals surface area contributed by atoms with Crippen molar-refractivity contribution in [2.45, 2.75) is 0 Å². The van der Waals surface area contributed by atoms with Gasteiger partial charge in [-0.15, -0.1) is 0 Å². The Hall–Kier alpha value is -2.45. The molecule has 0 N–H and O–H groups in total. The fourth-order valence-corrected chi connectivity index (χ4v) is 3.80. The SMILES string of the molecule is CN1CCN(c2cc(N3CCN(C)CC3)c3cc([N+](=O)[O-])ccc3n2)CC1. The van der Waals surface area contributed by atoms with Crippen molar-refractivity contribution in [3.8, 4) is 0 Å². The van der Waals surface area contributed by atoms with Gasteiger partial charge in [0.2, 0.25) is 0 Å². The van der Waals surface area contributed by atoms with Crippen LogP contribution < -0.4 is 9.80 Å². The highest BCUT2D eigenvalue weighted by Crippen LogP contribution is 2.33. The van der Waals surface area contributed by atoms with Crippen molar-refractivity contribution in [3.05, 3.63) is 34.4 Å². The van der Waals surface area contributed by atoms with Crippen LogP contribution in [0.3, 0.4) is 0 Å². The number of aromatic nitrogens is 1. The van der Waals surface area contributed by atoms with E-state index in [0.717, 1.165) is 74.8 Å². The maximum atomic E-state index is 11.3. The van der Waals surface area contributed by atoms with Crippen LogP contribution in [-0.2, 0) is 0 Å². The average molecular weight is 370 g/mol. The van der Waals surface area contributed by atoms with Crippen molar-refractivity contribution in [2.24, 2.45) is 0 Å². The molecule has 8 nitrogen and oxygen atoms in total. The molecule has 0 bridgehead atoms. The van der Waals surface area contributed by atoms with E-state index in [-0.39, 0.29) is 10.6 Å². The second-order valence-corrected chi connectivity index (χ2v) is 7.54. The number of anilines is 2. The molecule has 2 saturated heterocycles. The minimum Gasteiger partial charge on any atom is -0.368 e. The largest absolute Gasteiger partial charge is 0.368 e. The summed E-state index contributed by atoms with van der Waals surface area (Å²) in [4.78, 5) is 25.1. The van der Waals surface area contributed by atoms with Crippen LogP contribution in [0.2, 0.25) is 0 Å². The predicted molar refractivity (Wildman–Crippen MR) is 108 cm³/mol. The summed E-state index contributed by atoms with van der Waals surface area (Å²) >= 11 is 0. The fraction of sp³-hybridized carbons (Fsp3) is 0.526. The zero-order valence-corrected chi connectivity index (χ0v) is 16.0. The minimum atomic E-state index is -0.332. The van der Waals surface area contributed by atoms with Gasteiger partial charge in [0.05, 0.1) is 16.1 Å². The molecule has 2 aromatic rings. The van der Waals surface area contributed by atoms with Gasteiger partial charge in [0.15, 0.2) is 0 Å². The molecule has 0 unspecified atom stereocenters. The molecule has 1 aromatic heterocycles. The fourth-order valence-electron chi connectivity index (χ4n) is 3.80. The van der Waals surface area contributed by atoms with E-state index in [9.17, 15) is 10.1 Å². The van der Waals surface area contributed by atoms with E-state index in [4.69, 9.17) is 4.98 Å². The van der Waals surface area contributed by atoms with E-state index in [1.807, 2.05) is 0 Å². The van der Waals surface area contributed by atoms with E-state index in [1.54, 1.807) is 18.2 Å². The second-order valence-electron chi connectivity index (χ2n) is 7.54. The standard InChI is InChI=1S/C19H26N6O2/c1-21-5-9-23(10-6-21)18-14-19(24-11-7-22(2)8-12-24)20-17-4-3-15(25(26)27)13-16(17)18/h3-4,13-14H,5-12H2,1-2H3. The number of likely N-dealkylation sites (N-methyl/N-ethyl adjacent to an activating group) is 2. The molecule has 1 aromatic carbocycles. The molecule has 0 aliphatic carbocycles. The molecule has 0 radical (unpaired) electrons. The Morgan fingerprint density at radius 3 is 2.07 bits per heavy atom. The molecular formula is C19H26N6O2. The molecule has 144 valence electrons. The lowest BCUT2D eigenvalue weighted by Gasteiger charge is -2.36. The average Bonchev–Trinajstić information content (AvgIpc) is 2.68. The van der Waals surface area contributed by atoms with Crippen molar-refractivity contribution in [2.75, 3.05) is 76.3 Å². The molecule has 27 heavy (non-hydrogen) atoms. The quantitative estimate of drug-likeness (QED) is 0.601. The summed E-state index contributed by atoms with van der Waals surface area (Å²) in [6.45, 7) is 7.74. The van der Waals surface area contributed by atoms with Gasteiger partial charge in [0, 0.05) is 75.9 Å². The van der Waals surface area contributed by atoms with Crippen LogP contribution >= 0.6 is 0 Å². The van der Waals surface area contributed by atoms with E-state index in [0.29, 0.717) is 0 Å². The molecule has 4 rings (SSSR count). The summed E-state index contributed by atoms with van der Waals surface area (Å²) in [5.74, 6) is 0.971. The predicted octanol–water partition coefficient (Wildman–Crippen LogP) is 1.65. The Balaban J connectivity index is 1.77. The van der Waals surface area contributed by atoms with Crippen LogP contribution in [0, 0.1) is 10.1 Å². The zero-order chi connectivity index (χ0) is 19.0. The number of fused-ring (bicyclic) bond motifs is 1. The van der Waals surface area contributed by atoms with E-state index in [2.05, 4.69) is 39.8 Å². The number of non-ortho nitro benzene ring substituents is 1. The van der Waals surface area contributed by atoms with Gasteiger partial charge >= 0.3 is 0 Å². The Morgan fingerprint density at radius 2 is 1.48 bits per heavy atom. The highest BCUT2D eigenvalue weighted by Gasteiger charge is 2.22. The van der Waals surface area contributed by atoms with Gasteiger partial charge in [-0.05, 0) is 20.2 Å². The first-order chi connectivity index (χ1) is 13.0. The number of nitro groups is 1. The van der Waals surface area contributed by atoms with Crippen LogP contribution in [0.4, 0.5) is 17.2 Å². The number of nitro benzene ring substituents is 1. The van der Waals surface area contributed by atoms with Crippen molar-refractivity contribution in [1.29, 1.82) is 0 Å². The van der Waals surface area contributed by atoms with Crippen LogP contribution in [-0.4, -0.2) is 86.2 Å². The van der Waals surface area contributed by atoms with E-state index < -0.39 is 0 Å². The number of hydrogen-bond donors (Lipinski definition) is 0. The van der Waals surface area contributed by atoms with Crippen molar-refractivity contribution in [3.63, 3.8) is 0 Å². The highest BCUT2D eigenvalue weighted by molar-refractivity contribution is 5.95. The van der Waals surface area contributed by atoms with Gasteiger partial charge < -0.3 is 19.6 Å². The number of piperazine rings is 2. The number of rotatable bonds is 3. The van der Waals surface area contributed by atoms with Crippen molar-refractivity contribution >= 4 is 28.1 Å². The van der Waals surface area contributed by atoms with Gasteiger partial charge in [-0.3, -0.25) is 10.1 Å². The first-order valence-electron chi connectivity index (χ1n) is 9.47. The number of pyridine rings is 1. The van der Waals surface area contributed by atoms with Crippen LogP contribution in [0.5, 0.6) is 0 Å². The lowest BCUT2D eigenvalue weighted by Crippen LogP contribution is -2.45. The molecule has 0 spiro atoms. The Morgan fingerprint density at radius 1 is 0.889 bits per heavy atom. The molecule has 2 aliphatic heterocycles. The Bertz CT molecular complexity index is 841. The summed E-state index contributed by atoms with van der Waals surface area (Å²) < 4.78 is 0. The van der Waals surface area contributed by atoms with Gasteiger partial charge in [-0.1, -0.05) is 0 Å². The first-order valence-corrected chi connectivity index (χ1v) is 9.47. The monoisotopic (exact) mass is 370 g/mol. The molecule has 8 heteroatoms. The molecular weight excluding hydrogens is 344 g/mol. The molecule has 3 heterocycles. The van der Waals surface area contributed by atoms with Crippen LogP contribution in [0.1, 0.15) is 0 Å². The number of benzene rings is 1. The summed E-state index contributed by atoms with van der Waals surface area (Å²) in [6, 6.07) is 7.13. The van der Waals surface area contributed by atoms with E-state index in [1.165, 1.54) is 0 Å². The minimum absolute atomic E-state index is 0.118. The zero-order valence-electron chi connectivity index (χ0n) is 16.0. The lowest BCUT2D eigenvalue weighted by atomic mass is 10.1. The third kappa shape index (κ3) is 3.68. The lowest BCUT2D eigenvalue weighted by molar-refractivity contribution is -0.384. The molecule has 0 amide bonds. The summed E-state index contributed by atoms with van der Waals surface area (Å²) in [7, 11) is 4.27. The highest BCUT2D eigenvalue weighted by atomic mass is 16.6. The second kappa shape index (κ2) is 7.28. The van der Waals surface area contributed by atoms with Crippen LogP contribution in [0.25, 0.3) is 10.9 Å². The number of hydrogen-bond acceptors (Lipinski definition) is 7. The van der Waals surface area contributed by atoms with Gasteiger partial charge in [-0.25, -0.2) is 4.98 Å². The molecule has 0 saturated carbocycles. The third-order valence-corrected chi connectivity index (χ3v) is 5.64. The first kappa shape index (κ1) is 17.9. The van der Waals surface area contributed by atoms with Gasteiger partial charge in [-0.2, -0.15) is 0 Å².